The smallest absolute Gasteiger partial charge is 0.350 e. The fraction of sp³-hybridized carbons (Fsp3) is 0.143. The Morgan fingerprint density at radius 3 is 2.57 bits per heavy atom. The van der Waals surface area contributed by atoms with Gasteiger partial charge in [-0.25, -0.2) is 9.78 Å². The van der Waals surface area contributed by atoms with Crippen molar-refractivity contribution < 1.29 is 28.6 Å². The van der Waals surface area contributed by atoms with Crippen molar-refractivity contribution in [2.75, 3.05) is 12.0 Å². The molecule has 1 aliphatic rings. The monoisotopic (exact) mass is 424 g/mol. The van der Waals surface area contributed by atoms with E-state index >= 15 is 0 Å². The van der Waals surface area contributed by atoms with E-state index in [4.69, 9.17) is 9.15 Å². The minimum atomic E-state index is -1.03. The Morgan fingerprint density at radius 2 is 1.93 bits per heavy atom. The Hall–Kier alpha value is -3.72. The highest BCUT2D eigenvalue weighted by atomic mass is 32.1. The highest BCUT2D eigenvalue weighted by Gasteiger charge is 2.49. The molecule has 4 rings (SSSR count). The quantitative estimate of drug-likeness (QED) is 0.296. The highest BCUT2D eigenvalue weighted by molar-refractivity contribution is 7.17. The molecule has 0 radical (unpaired) electrons. The maximum Gasteiger partial charge on any atom is 0.350 e. The summed E-state index contributed by atoms with van der Waals surface area (Å²) in [6, 6.07) is 10.6. The number of ketones is 1. The molecule has 0 bridgehead atoms. The summed E-state index contributed by atoms with van der Waals surface area (Å²) in [5, 5.41) is 11.0. The van der Waals surface area contributed by atoms with Gasteiger partial charge in [0, 0.05) is 5.56 Å². The average molecular weight is 424 g/mol. The lowest BCUT2D eigenvalue weighted by molar-refractivity contribution is -0.132. The topological polar surface area (TPSA) is 110 Å². The number of methoxy groups -OCH3 is 1. The SMILES string of the molecule is COC(=O)c1sc(N2C(=O)C(=O)/C(=C(/O)c3ccccc3)C2c2ccco2)nc1C. The lowest BCUT2D eigenvalue weighted by Crippen LogP contribution is -2.29. The lowest BCUT2D eigenvalue weighted by atomic mass is 9.99. The van der Waals surface area contributed by atoms with Crippen LogP contribution in [-0.4, -0.2) is 34.9 Å². The number of carbonyl (C=O) groups is 3. The number of amides is 1. The molecular weight excluding hydrogens is 408 g/mol. The third-order valence-corrected chi connectivity index (χ3v) is 5.80. The van der Waals surface area contributed by atoms with E-state index in [9.17, 15) is 19.5 Å². The fourth-order valence-corrected chi connectivity index (χ4v) is 4.28. The second-order valence-electron chi connectivity index (χ2n) is 6.45. The predicted molar refractivity (Wildman–Crippen MR) is 108 cm³/mol. The van der Waals surface area contributed by atoms with E-state index in [0.717, 1.165) is 16.2 Å². The molecule has 3 heterocycles. The van der Waals surface area contributed by atoms with Crippen molar-refractivity contribution in [1.82, 2.24) is 4.98 Å². The molecule has 8 nitrogen and oxygen atoms in total. The number of nitrogens with zero attached hydrogens (tertiary/aromatic N) is 2. The zero-order valence-electron chi connectivity index (χ0n) is 16.0. The first kappa shape index (κ1) is 19.6. The van der Waals surface area contributed by atoms with Crippen LogP contribution in [0.1, 0.15) is 32.7 Å². The average Bonchev–Trinajstić information content (AvgIpc) is 3.47. The maximum absolute atomic E-state index is 13.0. The van der Waals surface area contributed by atoms with Crippen molar-refractivity contribution >= 4 is 39.9 Å². The third-order valence-electron chi connectivity index (χ3n) is 4.67. The number of hydrogen-bond donors (Lipinski definition) is 1. The molecule has 152 valence electrons. The van der Waals surface area contributed by atoms with Crippen molar-refractivity contribution in [2.45, 2.75) is 13.0 Å². The molecule has 1 amide bonds. The van der Waals surface area contributed by atoms with Crippen LogP contribution in [0.5, 0.6) is 0 Å². The summed E-state index contributed by atoms with van der Waals surface area (Å²) in [6.45, 7) is 1.61. The summed E-state index contributed by atoms with van der Waals surface area (Å²) in [5.41, 5.74) is 0.635. The summed E-state index contributed by atoms with van der Waals surface area (Å²) in [6.07, 6.45) is 1.41. The fourth-order valence-electron chi connectivity index (χ4n) is 3.26. The molecule has 30 heavy (non-hydrogen) atoms. The second-order valence-corrected chi connectivity index (χ2v) is 7.43. The lowest BCUT2D eigenvalue weighted by Gasteiger charge is -2.20. The van der Waals surface area contributed by atoms with E-state index in [1.807, 2.05) is 0 Å². The molecule has 0 spiro atoms. The molecule has 1 aliphatic heterocycles. The van der Waals surface area contributed by atoms with Gasteiger partial charge in [-0.15, -0.1) is 0 Å². The van der Waals surface area contributed by atoms with Crippen molar-refractivity contribution in [1.29, 1.82) is 0 Å². The van der Waals surface area contributed by atoms with Gasteiger partial charge in [0.05, 0.1) is 24.6 Å². The number of aromatic nitrogens is 1. The van der Waals surface area contributed by atoms with Crippen molar-refractivity contribution in [3.05, 3.63) is 76.2 Å². The van der Waals surface area contributed by atoms with Crippen LogP contribution in [0, 0.1) is 6.92 Å². The molecule has 3 aromatic rings. The number of carbonyl (C=O) groups excluding carboxylic acids is 3. The van der Waals surface area contributed by atoms with Crippen molar-refractivity contribution in [2.24, 2.45) is 0 Å². The molecular formula is C21H16N2O6S. The highest BCUT2D eigenvalue weighted by Crippen LogP contribution is 2.43. The molecule has 1 saturated heterocycles. The van der Waals surface area contributed by atoms with Crippen LogP contribution in [0.2, 0.25) is 0 Å². The van der Waals surface area contributed by atoms with Gasteiger partial charge in [0.2, 0.25) is 0 Å². The number of Topliss-reactive ketones (excluding diaryl/α,β-unsaturated/α-hetero) is 1. The van der Waals surface area contributed by atoms with Gasteiger partial charge in [0.25, 0.3) is 5.78 Å². The molecule has 9 heteroatoms. The number of esters is 1. The van der Waals surface area contributed by atoms with Crippen molar-refractivity contribution in [3.8, 4) is 0 Å². The normalized spacial score (nSPS) is 18.1. The van der Waals surface area contributed by atoms with Crippen LogP contribution in [0.25, 0.3) is 5.76 Å². The van der Waals surface area contributed by atoms with Crippen LogP contribution in [0.15, 0.2) is 58.7 Å². The first-order valence-corrected chi connectivity index (χ1v) is 9.71. The zero-order valence-corrected chi connectivity index (χ0v) is 16.8. The van der Waals surface area contributed by atoms with Gasteiger partial charge in [-0.3, -0.25) is 14.5 Å². The number of anilines is 1. The molecule has 1 N–H and O–H groups in total. The van der Waals surface area contributed by atoms with Gasteiger partial charge in [-0.05, 0) is 19.1 Å². The molecule has 1 aromatic carbocycles. The van der Waals surface area contributed by atoms with E-state index in [1.54, 1.807) is 49.4 Å². The number of furan rings is 1. The van der Waals surface area contributed by atoms with Gasteiger partial charge >= 0.3 is 11.9 Å². The zero-order chi connectivity index (χ0) is 21.4. The number of aryl methyl sites for hydroxylation is 1. The standard InChI is InChI=1S/C21H16N2O6S/c1-11-18(20(27)28-2)30-21(22-11)23-15(13-9-6-10-29-13)14(17(25)19(23)26)16(24)12-7-4-3-5-8-12/h3-10,15,24H,1-2H3/b16-14+. The number of aliphatic hydroxyl groups excluding tert-OH is 1. The first-order chi connectivity index (χ1) is 14.4. The number of ether oxygens (including phenoxy) is 1. The summed E-state index contributed by atoms with van der Waals surface area (Å²) < 4.78 is 10.2. The molecule has 2 aromatic heterocycles. The largest absolute Gasteiger partial charge is 0.507 e. The van der Waals surface area contributed by atoms with Crippen LogP contribution < -0.4 is 4.90 Å². The second kappa shape index (κ2) is 7.60. The van der Waals surface area contributed by atoms with Crippen molar-refractivity contribution in [3.63, 3.8) is 0 Å². The predicted octanol–water partition coefficient (Wildman–Crippen LogP) is 3.46. The number of thiazole rings is 1. The van der Waals surface area contributed by atoms with Crippen LogP contribution in [0.4, 0.5) is 5.13 Å². The molecule has 0 aliphatic carbocycles. The van der Waals surface area contributed by atoms with E-state index < -0.39 is 23.7 Å². The van der Waals surface area contributed by atoms with Crippen LogP contribution in [-0.2, 0) is 14.3 Å². The Bertz CT molecular complexity index is 1160. The summed E-state index contributed by atoms with van der Waals surface area (Å²) in [5.74, 6) is -2.38. The van der Waals surface area contributed by atoms with E-state index in [0.29, 0.717) is 11.3 Å². The van der Waals surface area contributed by atoms with E-state index in [1.165, 1.54) is 13.4 Å². The minimum Gasteiger partial charge on any atom is -0.507 e. The third kappa shape index (κ3) is 3.09. The molecule has 1 unspecified atom stereocenters. The molecule has 1 fully saturated rings. The molecule has 0 saturated carbocycles. The Balaban J connectivity index is 1.90. The number of benzene rings is 1. The Morgan fingerprint density at radius 1 is 1.20 bits per heavy atom. The summed E-state index contributed by atoms with van der Waals surface area (Å²) >= 11 is 0.927. The van der Waals surface area contributed by atoms with Crippen LogP contribution >= 0.6 is 11.3 Å². The van der Waals surface area contributed by atoms with E-state index in [-0.39, 0.29) is 27.1 Å². The summed E-state index contributed by atoms with van der Waals surface area (Å²) in [7, 11) is 1.25. The maximum atomic E-state index is 13.0. The minimum absolute atomic E-state index is 0.117. The van der Waals surface area contributed by atoms with Gasteiger partial charge in [-0.2, -0.15) is 0 Å². The summed E-state index contributed by atoms with van der Waals surface area (Å²) in [4.78, 5) is 43.5. The number of rotatable bonds is 4. The number of aliphatic hydroxyl groups is 1. The van der Waals surface area contributed by atoms with Gasteiger partial charge in [0.1, 0.15) is 22.4 Å². The first-order valence-electron chi connectivity index (χ1n) is 8.89. The van der Waals surface area contributed by atoms with Gasteiger partial charge < -0.3 is 14.3 Å². The Kier molecular flexibility index (Phi) is 4.96. The number of hydrogen-bond acceptors (Lipinski definition) is 8. The van der Waals surface area contributed by atoms with Gasteiger partial charge in [-0.1, -0.05) is 41.7 Å². The van der Waals surface area contributed by atoms with Crippen LogP contribution in [0.3, 0.4) is 0 Å². The Labute approximate surface area is 175 Å². The van der Waals surface area contributed by atoms with E-state index in [2.05, 4.69) is 4.98 Å². The molecule has 1 atom stereocenters. The van der Waals surface area contributed by atoms with Gasteiger partial charge in [0.15, 0.2) is 5.13 Å².